The highest BCUT2D eigenvalue weighted by Gasteiger charge is 2.04. The summed E-state index contributed by atoms with van der Waals surface area (Å²) in [5.74, 6) is 0. The van der Waals surface area contributed by atoms with E-state index in [1.807, 2.05) is 0 Å². The average Bonchev–Trinajstić information content (AvgIpc) is 2.87. The summed E-state index contributed by atoms with van der Waals surface area (Å²) in [4.78, 5) is 2.74. The Bertz CT molecular complexity index is 377. The lowest BCUT2D eigenvalue weighted by Crippen LogP contribution is -1.78. The Morgan fingerprint density at radius 3 is 1.57 bits per heavy atom. The molecular formula is C12H12S2. The van der Waals surface area contributed by atoms with E-state index in [0.717, 1.165) is 0 Å². The predicted octanol–water partition coefficient (Wildman–Crippen LogP) is 4.76. The molecule has 0 unspecified atom stereocenters. The van der Waals surface area contributed by atoms with Crippen LogP contribution in [0.1, 0.15) is 23.6 Å². The lowest BCUT2D eigenvalue weighted by Gasteiger charge is -2.03. The monoisotopic (exact) mass is 220 g/mol. The van der Waals surface area contributed by atoms with Crippen molar-refractivity contribution >= 4 is 33.8 Å². The van der Waals surface area contributed by atoms with E-state index < -0.39 is 0 Å². The SMILES string of the molecule is C/C(=C(/C)c1cccs1)c1cccs1. The first kappa shape index (κ1) is 9.69. The molecule has 0 fully saturated rings. The molecule has 2 rings (SSSR count). The van der Waals surface area contributed by atoms with Gasteiger partial charge in [-0.05, 0) is 47.9 Å². The second-order valence-corrected chi connectivity index (χ2v) is 5.10. The highest BCUT2D eigenvalue weighted by Crippen LogP contribution is 2.30. The van der Waals surface area contributed by atoms with Gasteiger partial charge in [-0.1, -0.05) is 12.1 Å². The third-order valence-electron chi connectivity index (χ3n) is 2.34. The van der Waals surface area contributed by atoms with Crippen molar-refractivity contribution in [3.8, 4) is 0 Å². The molecular weight excluding hydrogens is 208 g/mol. The van der Waals surface area contributed by atoms with Gasteiger partial charge >= 0.3 is 0 Å². The molecule has 0 spiro atoms. The van der Waals surface area contributed by atoms with E-state index >= 15 is 0 Å². The van der Waals surface area contributed by atoms with Gasteiger partial charge in [0, 0.05) is 9.75 Å². The van der Waals surface area contributed by atoms with E-state index in [2.05, 4.69) is 48.9 Å². The molecule has 0 saturated carbocycles. The summed E-state index contributed by atoms with van der Waals surface area (Å²) in [6.07, 6.45) is 0. The van der Waals surface area contributed by atoms with Crippen LogP contribution in [0, 0.1) is 0 Å². The first-order valence-corrected chi connectivity index (χ1v) is 6.30. The summed E-state index contributed by atoms with van der Waals surface area (Å²) in [6.45, 7) is 4.39. The van der Waals surface area contributed by atoms with E-state index in [9.17, 15) is 0 Å². The molecule has 0 aromatic carbocycles. The van der Waals surface area contributed by atoms with Crippen molar-refractivity contribution in [2.24, 2.45) is 0 Å². The summed E-state index contributed by atoms with van der Waals surface area (Å²) >= 11 is 3.61. The van der Waals surface area contributed by atoms with Gasteiger partial charge in [0.15, 0.2) is 0 Å². The third-order valence-corrected chi connectivity index (χ3v) is 4.32. The Morgan fingerprint density at radius 2 is 1.29 bits per heavy atom. The van der Waals surface area contributed by atoms with Crippen LogP contribution in [-0.2, 0) is 0 Å². The maximum Gasteiger partial charge on any atom is 0.0302 e. The zero-order valence-corrected chi connectivity index (χ0v) is 9.91. The zero-order chi connectivity index (χ0) is 9.97. The smallest absolute Gasteiger partial charge is 0.0302 e. The van der Waals surface area contributed by atoms with E-state index in [1.165, 1.54) is 20.9 Å². The Labute approximate surface area is 92.5 Å². The van der Waals surface area contributed by atoms with Gasteiger partial charge in [-0.15, -0.1) is 22.7 Å². The molecule has 0 aliphatic heterocycles. The van der Waals surface area contributed by atoms with Gasteiger partial charge in [-0.25, -0.2) is 0 Å². The summed E-state index contributed by atoms with van der Waals surface area (Å²) < 4.78 is 0. The number of hydrogen-bond donors (Lipinski definition) is 0. The fraction of sp³-hybridized carbons (Fsp3) is 0.167. The number of hydrogen-bond acceptors (Lipinski definition) is 2. The van der Waals surface area contributed by atoms with Gasteiger partial charge in [0.2, 0.25) is 0 Å². The zero-order valence-electron chi connectivity index (χ0n) is 8.28. The molecule has 0 bridgehead atoms. The second kappa shape index (κ2) is 4.11. The standard InChI is InChI=1S/C12H12S2/c1-9(11-5-3-7-13-11)10(2)12-6-4-8-14-12/h3-8H,1-2H3/b10-9+. The lowest BCUT2D eigenvalue weighted by atomic mass is 10.1. The molecule has 14 heavy (non-hydrogen) atoms. The summed E-state index contributed by atoms with van der Waals surface area (Å²) in [6, 6.07) is 8.56. The molecule has 0 saturated heterocycles. The fourth-order valence-corrected chi connectivity index (χ4v) is 2.93. The number of thiophene rings is 2. The van der Waals surface area contributed by atoms with Crippen molar-refractivity contribution in [3.05, 3.63) is 44.8 Å². The minimum atomic E-state index is 1.37. The van der Waals surface area contributed by atoms with Crippen molar-refractivity contribution in [1.82, 2.24) is 0 Å². The van der Waals surface area contributed by atoms with E-state index in [0.29, 0.717) is 0 Å². The summed E-state index contributed by atoms with van der Waals surface area (Å²) in [5.41, 5.74) is 2.78. The Balaban J connectivity index is 2.41. The largest absolute Gasteiger partial charge is 0.144 e. The van der Waals surface area contributed by atoms with Crippen LogP contribution in [0.2, 0.25) is 0 Å². The van der Waals surface area contributed by atoms with Crippen LogP contribution >= 0.6 is 22.7 Å². The van der Waals surface area contributed by atoms with E-state index in [-0.39, 0.29) is 0 Å². The Kier molecular flexibility index (Phi) is 2.85. The Morgan fingerprint density at radius 1 is 0.857 bits per heavy atom. The molecule has 0 amide bonds. The van der Waals surface area contributed by atoms with Crippen LogP contribution in [0.15, 0.2) is 35.0 Å². The normalized spacial score (nSPS) is 12.7. The van der Waals surface area contributed by atoms with Gasteiger partial charge in [0.1, 0.15) is 0 Å². The van der Waals surface area contributed by atoms with Gasteiger partial charge < -0.3 is 0 Å². The van der Waals surface area contributed by atoms with Crippen molar-refractivity contribution < 1.29 is 0 Å². The van der Waals surface area contributed by atoms with Crippen molar-refractivity contribution in [1.29, 1.82) is 0 Å². The maximum atomic E-state index is 2.20. The minimum absolute atomic E-state index is 1.37. The van der Waals surface area contributed by atoms with Gasteiger partial charge in [-0.2, -0.15) is 0 Å². The van der Waals surface area contributed by atoms with Crippen LogP contribution < -0.4 is 0 Å². The van der Waals surface area contributed by atoms with Gasteiger partial charge in [0.05, 0.1) is 0 Å². The van der Waals surface area contributed by atoms with Crippen LogP contribution in [-0.4, -0.2) is 0 Å². The van der Waals surface area contributed by atoms with Crippen molar-refractivity contribution in [2.75, 3.05) is 0 Å². The Hall–Kier alpha value is -0.860. The molecule has 72 valence electrons. The van der Waals surface area contributed by atoms with Crippen LogP contribution in [0.4, 0.5) is 0 Å². The third kappa shape index (κ3) is 1.81. The van der Waals surface area contributed by atoms with Crippen LogP contribution in [0.3, 0.4) is 0 Å². The fourth-order valence-electron chi connectivity index (χ4n) is 1.35. The average molecular weight is 220 g/mol. The highest BCUT2D eigenvalue weighted by atomic mass is 32.1. The van der Waals surface area contributed by atoms with Crippen LogP contribution in [0.5, 0.6) is 0 Å². The molecule has 0 aliphatic rings. The first-order valence-electron chi connectivity index (χ1n) is 4.54. The van der Waals surface area contributed by atoms with E-state index in [4.69, 9.17) is 0 Å². The second-order valence-electron chi connectivity index (χ2n) is 3.20. The van der Waals surface area contributed by atoms with Crippen molar-refractivity contribution in [3.63, 3.8) is 0 Å². The number of allylic oxidation sites excluding steroid dienone is 2. The molecule has 0 nitrogen and oxygen atoms in total. The summed E-state index contributed by atoms with van der Waals surface area (Å²) in [5, 5.41) is 4.25. The number of rotatable bonds is 2. The molecule has 2 heterocycles. The minimum Gasteiger partial charge on any atom is -0.144 e. The summed E-state index contributed by atoms with van der Waals surface area (Å²) in [7, 11) is 0. The van der Waals surface area contributed by atoms with Crippen molar-refractivity contribution in [2.45, 2.75) is 13.8 Å². The lowest BCUT2D eigenvalue weighted by molar-refractivity contribution is 1.63. The molecule has 0 N–H and O–H groups in total. The molecule has 2 aromatic rings. The quantitative estimate of drug-likeness (QED) is 0.684. The molecule has 0 radical (unpaired) electrons. The van der Waals surface area contributed by atoms with E-state index in [1.54, 1.807) is 22.7 Å². The maximum absolute atomic E-state index is 2.20. The molecule has 2 heteroatoms. The molecule has 2 aromatic heterocycles. The van der Waals surface area contributed by atoms with Gasteiger partial charge in [0.25, 0.3) is 0 Å². The first-order chi connectivity index (χ1) is 6.79. The predicted molar refractivity (Wildman–Crippen MR) is 66.8 cm³/mol. The van der Waals surface area contributed by atoms with Gasteiger partial charge in [-0.3, -0.25) is 0 Å². The highest BCUT2D eigenvalue weighted by molar-refractivity contribution is 7.12. The molecule has 0 atom stereocenters. The molecule has 0 aliphatic carbocycles. The topological polar surface area (TPSA) is 0 Å². The van der Waals surface area contributed by atoms with Crippen LogP contribution in [0.25, 0.3) is 11.1 Å².